The molecule has 2 fully saturated rings. The topological polar surface area (TPSA) is 141 Å². The van der Waals surface area contributed by atoms with Crippen LogP contribution in [0.1, 0.15) is 6.92 Å². The molecule has 2 aliphatic heterocycles. The lowest BCUT2D eigenvalue weighted by Crippen LogP contribution is -2.87. The van der Waals surface area contributed by atoms with Crippen molar-refractivity contribution in [3.05, 3.63) is 0 Å². The van der Waals surface area contributed by atoms with Crippen LogP contribution in [-0.2, 0) is 18.8 Å². The number of morpholine rings is 2. The van der Waals surface area contributed by atoms with Crippen molar-refractivity contribution in [1.82, 2.24) is 0 Å². The van der Waals surface area contributed by atoms with E-state index in [-0.39, 0.29) is 6.61 Å². The molecule has 9 nitrogen and oxygen atoms in total. The number of carbonyl (C=O) groups excluding carboxylic acids is 1. The van der Waals surface area contributed by atoms with Gasteiger partial charge in [0.2, 0.25) is 0 Å². The zero-order valence-corrected chi connectivity index (χ0v) is 13.2. The standard InChI is InChI=1S/2C4H9NO.C3H7O5P/c2*1-3-6-4-2-5-1;1-2-8-3(4)9(5,6)7/h2*5H,1-4H2;2H2,1H3,(H2,5,6,7). The van der Waals surface area contributed by atoms with Crippen molar-refractivity contribution in [2.45, 2.75) is 6.92 Å². The molecule has 0 aromatic heterocycles. The van der Waals surface area contributed by atoms with Gasteiger partial charge in [-0.15, -0.1) is 0 Å². The zero-order chi connectivity index (χ0) is 16.0. The predicted molar refractivity (Wildman–Crippen MR) is 69.6 cm³/mol. The van der Waals surface area contributed by atoms with E-state index in [0.29, 0.717) is 0 Å². The average molecular weight is 328 g/mol. The first-order chi connectivity index (χ1) is 9.98. The SMILES string of the molecule is C1COCC[NH2+]1.C1COCC[NH2+]1.CCOC(=O)P(=O)([O-])[O-]. The molecule has 0 aromatic carbocycles. The molecule has 0 saturated carbocycles. The molecule has 2 aliphatic rings. The predicted octanol–water partition coefficient (Wildman–Crippen LogP) is -3.78. The van der Waals surface area contributed by atoms with Crippen molar-refractivity contribution < 1.29 is 44.0 Å². The highest BCUT2D eigenvalue weighted by molar-refractivity contribution is 7.66. The normalized spacial score (nSPS) is 18.4. The second-order valence-corrected chi connectivity index (χ2v) is 5.51. The Balaban J connectivity index is 0.000000293. The molecular formula is C11H25N2O7P. The molecule has 0 radical (unpaired) electrons. The van der Waals surface area contributed by atoms with Gasteiger partial charge in [-0.1, -0.05) is 0 Å². The van der Waals surface area contributed by atoms with E-state index in [0.717, 1.165) is 52.6 Å². The Morgan fingerprint density at radius 3 is 1.52 bits per heavy atom. The summed E-state index contributed by atoms with van der Waals surface area (Å²) in [5.74, 6) is 0. The third kappa shape index (κ3) is 14.2. The minimum Gasteiger partial charge on any atom is -0.803 e. The van der Waals surface area contributed by atoms with Gasteiger partial charge >= 0.3 is 5.71 Å². The average Bonchev–Trinajstić information content (AvgIpc) is 2.51. The highest BCUT2D eigenvalue weighted by Crippen LogP contribution is 2.25. The molecule has 126 valence electrons. The third-order valence-electron chi connectivity index (χ3n) is 2.36. The van der Waals surface area contributed by atoms with Gasteiger partial charge in [0.25, 0.3) is 0 Å². The van der Waals surface area contributed by atoms with Crippen molar-refractivity contribution in [3.8, 4) is 0 Å². The summed E-state index contributed by atoms with van der Waals surface area (Å²) in [7, 11) is -5.13. The second kappa shape index (κ2) is 13.1. The molecule has 0 bridgehead atoms. The van der Waals surface area contributed by atoms with Crippen LogP contribution in [0.2, 0.25) is 0 Å². The Kier molecular flexibility index (Phi) is 12.8. The first kappa shape index (κ1) is 20.5. The lowest BCUT2D eigenvalue weighted by Gasteiger charge is -2.25. The van der Waals surface area contributed by atoms with Crippen LogP contribution in [0.25, 0.3) is 0 Å². The minimum atomic E-state index is -5.13. The van der Waals surface area contributed by atoms with Crippen molar-refractivity contribution in [3.63, 3.8) is 0 Å². The summed E-state index contributed by atoms with van der Waals surface area (Å²) in [4.78, 5) is 29.4. The Morgan fingerprint density at radius 2 is 1.43 bits per heavy atom. The van der Waals surface area contributed by atoms with Crippen LogP contribution < -0.4 is 20.4 Å². The highest BCUT2D eigenvalue weighted by Gasteiger charge is 2.04. The van der Waals surface area contributed by atoms with E-state index in [2.05, 4.69) is 15.4 Å². The van der Waals surface area contributed by atoms with E-state index in [1.54, 1.807) is 0 Å². The van der Waals surface area contributed by atoms with Gasteiger partial charge in [-0.25, -0.2) is 4.79 Å². The lowest BCUT2D eigenvalue weighted by atomic mass is 10.5. The Labute approximate surface area is 124 Å². The molecule has 10 heteroatoms. The Hall–Kier alpha value is -0.540. The Morgan fingerprint density at radius 1 is 1.05 bits per heavy atom. The number of rotatable bonds is 2. The van der Waals surface area contributed by atoms with Crippen LogP contribution in [0, 0.1) is 0 Å². The van der Waals surface area contributed by atoms with Gasteiger partial charge in [0.15, 0.2) is 0 Å². The van der Waals surface area contributed by atoms with Crippen LogP contribution in [0.4, 0.5) is 4.79 Å². The van der Waals surface area contributed by atoms with E-state index in [1.165, 1.54) is 6.92 Å². The number of hydrogen-bond acceptors (Lipinski definition) is 7. The number of ether oxygens (including phenoxy) is 3. The van der Waals surface area contributed by atoms with Gasteiger partial charge in [-0.3, -0.25) is 0 Å². The number of nitrogens with two attached hydrogens (primary N) is 2. The number of carbonyl (C=O) groups is 1. The van der Waals surface area contributed by atoms with E-state index in [4.69, 9.17) is 9.47 Å². The molecule has 2 heterocycles. The molecule has 0 aromatic rings. The van der Waals surface area contributed by atoms with E-state index < -0.39 is 13.3 Å². The van der Waals surface area contributed by atoms with Crippen LogP contribution in [0.3, 0.4) is 0 Å². The highest BCUT2D eigenvalue weighted by atomic mass is 31.2. The maximum atomic E-state index is 9.95. The molecular weight excluding hydrogens is 303 g/mol. The quantitative estimate of drug-likeness (QED) is 0.495. The molecule has 4 N–H and O–H groups in total. The molecule has 0 atom stereocenters. The van der Waals surface area contributed by atoms with Crippen LogP contribution in [0.15, 0.2) is 0 Å². The van der Waals surface area contributed by atoms with Gasteiger partial charge < -0.3 is 39.2 Å². The van der Waals surface area contributed by atoms with Crippen LogP contribution in [-0.4, -0.2) is 64.9 Å². The van der Waals surface area contributed by atoms with Gasteiger partial charge in [-0.2, -0.15) is 0 Å². The molecule has 0 spiro atoms. The zero-order valence-electron chi connectivity index (χ0n) is 12.3. The number of quaternary nitrogens is 2. The summed E-state index contributed by atoms with van der Waals surface area (Å²) in [6.07, 6.45) is 0. The number of hydrogen-bond donors (Lipinski definition) is 2. The molecule has 0 aliphatic carbocycles. The lowest BCUT2D eigenvalue weighted by molar-refractivity contribution is -0.670. The summed E-state index contributed by atoms with van der Waals surface area (Å²) in [5, 5.41) is 4.53. The third-order valence-corrected chi connectivity index (χ3v) is 2.93. The van der Waals surface area contributed by atoms with E-state index in [1.807, 2.05) is 0 Å². The minimum absolute atomic E-state index is 0.104. The van der Waals surface area contributed by atoms with Crippen molar-refractivity contribution >= 4 is 13.3 Å². The first-order valence-electron chi connectivity index (χ1n) is 6.96. The fraction of sp³-hybridized carbons (Fsp3) is 0.909. The van der Waals surface area contributed by atoms with Crippen molar-refractivity contribution in [1.29, 1.82) is 0 Å². The molecule has 0 amide bonds. The summed E-state index contributed by atoms with van der Waals surface area (Å²) in [6.45, 7) is 9.70. The maximum Gasteiger partial charge on any atom is 0.334 e. The fourth-order valence-electron chi connectivity index (χ4n) is 1.36. The van der Waals surface area contributed by atoms with Gasteiger partial charge in [0, 0.05) is 7.60 Å². The fourth-order valence-corrected chi connectivity index (χ4v) is 1.65. The second-order valence-electron chi connectivity index (χ2n) is 4.15. The smallest absolute Gasteiger partial charge is 0.334 e. The monoisotopic (exact) mass is 328 g/mol. The van der Waals surface area contributed by atoms with Gasteiger partial charge in [0.05, 0.1) is 59.2 Å². The Bertz CT molecular complexity index is 268. The van der Waals surface area contributed by atoms with Gasteiger partial charge in [-0.05, 0) is 6.92 Å². The van der Waals surface area contributed by atoms with E-state index in [9.17, 15) is 19.1 Å². The van der Waals surface area contributed by atoms with E-state index >= 15 is 0 Å². The maximum absolute atomic E-state index is 9.95. The summed E-state index contributed by atoms with van der Waals surface area (Å²) < 4.78 is 23.7. The summed E-state index contributed by atoms with van der Waals surface area (Å²) in [6, 6.07) is 0. The molecule has 2 saturated heterocycles. The first-order valence-corrected chi connectivity index (χ1v) is 8.51. The van der Waals surface area contributed by atoms with Gasteiger partial charge in [0.1, 0.15) is 0 Å². The summed E-state index contributed by atoms with van der Waals surface area (Å²) in [5.41, 5.74) is -1.69. The molecule has 21 heavy (non-hydrogen) atoms. The van der Waals surface area contributed by atoms with Crippen LogP contribution >= 0.6 is 7.60 Å². The van der Waals surface area contributed by atoms with Crippen LogP contribution in [0.5, 0.6) is 0 Å². The largest absolute Gasteiger partial charge is 0.803 e. The summed E-state index contributed by atoms with van der Waals surface area (Å²) >= 11 is 0. The molecule has 2 rings (SSSR count). The molecule has 0 unspecified atom stereocenters. The van der Waals surface area contributed by atoms with Crippen molar-refractivity contribution in [2.24, 2.45) is 0 Å². The van der Waals surface area contributed by atoms with Crippen molar-refractivity contribution in [2.75, 3.05) is 59.2 Å².